The van der Waals surface area contributed by atoms with Gasteiger partial charge in [0.15, 0.2) is 0 Å². The molecule has 0 radical (unpaired) electrons. The highest BCUT2D eigenvalue weighted by Crippen LogP contribution is 2.31. The van der Waals surface area contributed by atoms with Gasteiger partial charge in [-0.3, -0.25) is 9.10 Å². The molecule has 0 aliphatic heterocycles. The molecule has 3 aromatic carbocycles. The van der Waals surface area contributed by atoms with Crippen molar-refractivity contribution in [3.05, 3.63) is 65.7 Å². The second kappa shape index (κ2) is 10.1. The lowest BCUT2D eigenvalue weighted by Gasteiger charge is -2.28. The maximum atomic E-state index is 12.7. The summed E-state index contributed by atoms with van der Waals surface area (Å²) in [7, 11) is -2.29. The van der Waals surface area contributed by atoms with Gasteiger partial charge in [-0.05, 0) is 48.0 Å². The number of nitrogens with zero attached hydrogens (tertiary/aromatic N) is 1. The Morgan fingerprint density at radius 3 is 2.47 bits per heavy atom. The van der Waals surface area contributed by atoms with E-state index >= 15 is 0 Å². The molecular formula is C23H25ClN2O5S. The van der Waals surface area contributed by atoms with E-state index in [1.165, 1.54) is 20.1 Å². The molecule has 0 fully saturated rings. The minimum atomic E-state index is -3.75. The number of hydrogen-bond donors (Lipinski definition) is 1. The van der Waals surface area contributed by atoms with Crippen molar-refractivity contribution in [2.75, 3.05) is 30.8 Å². The highest BCUT2D eigenvalue weighted by molar-refractivity contribution is 7.92. The Morgan fingerprint density at radius 2 is 1.81 bits per heavy atom. The van der Waals surface area contributed by atoms with Crippen LogP contribution in [0.1, 0.15) is 6.92 Å². The van der Waals surface area contributed by atoms with Crippen LogP contribution in [-0.2, 0) is 14.8 Å². The van der Waals surface area contributed by atoms with E-state index in [1.807, 2.05) is 42.5 Å². The number of nitrogens with one attached hydrogen (secondary N) is 1. The average molecular weight is 477 g/mol. The first-order chi connectivity index (χ1) is 15.2. The van der Waals surface area contributed by atoms with Gasteiger partial charge in [-0.1, -0.05) is 41.9 Å². The third-order valence-corrected chi connectivity index (χ3v) is 6.41. The lowest BCUT2D eigenvalue weighted by Crippen LogP contribution is -2.48. The summed E-state index contributed by atoms with van der Waals surface area (Å²) in [5, 5.41) is 5.14. The Bertz CT molecular complexity index is 1220. The van der Waals surface area contributed by atoms with Crippen LogP contribution in [0.25, 0.3) is 10.8 Å². The predicted octanol–water partition coefficient (Wildman–Crippen LogP) is 3.85. The first kappa shape index (κ1) is 23.7. The van der Waals surface area contributed by atoms with Gasteiger partial charge in [0.05, 0.1) is 30.6 Å². The molecule has 1 amide bonds. The summed E-state index contributed by atoms with van der Waals surface area (Å²) in [4.78, 5) is 12.7. The molecule has 1 N–H and O–H groups in total. The molecule has 3 aromatic rings. The monoisotopic (exact) mass is 476 g/mol. The fourth-order valence-electron chi connectivity index (χ4n) is 3.35. The first-order valence-corrected chi connectivity index (χ1v) is 12.2. The highest BCUT2D eigenvalue weighted by Gasteiger charge is 2.29. The molecule has 0 aliphatic carbocycles. The van der Waals surface area contributed by atoms with Gasteiger partial charge in [-0.15, -0.1) is 0 Å². The summed E-state index contributed by atoms with van der Waals surface area (Å²) in [6.07, 6.45) is 1.04. The highest BCUT2D eigenvalue weighted by atomic mass is 35.5. The number of halogens is 1. The van der Waals surface area contributed by atoms with Gasteiger partial charge in [0.1, 0.15) is 24.1 Å². The maximum Gasteiger partial charge on any atom is 0.243 e. The number of benzene rings is 3. The second-order valence-corrected chi connectivity index (χ2v) is 9.47. The van der Waals surface area contributed by atoms with Gasteiger partial charge in [0.2, 0.25) is 15.9 Å². The van der Waals surface area contributed by atoms with E-state index < -0.39 is 22.0 Å². The van der Waals surface area contributed by atoms with Crippen molar-refractivity contribution < 1.29 is 22.7 Å². The van der Waals surface area contributed by atoms with Crippen molar-refractivity contribution in [2.45, 2.75) is 13.0 Å². The number of amides is 1. The van der Waals surface area contributed by atoms with E-state index in [2.05, 4.69) is 5.32 Å². The zero-order valence-electron chi connectivity index (χ0n) is 18.0. The molecule has 0 saturated carbocycles. The molecule has 1 unspecified atom stereocenters. The lowest BCUT2D eigenvalue weighted by atomic mass is 10.1. The third-order valence-electron chi connectivity index (χ3n) is 4.87. The molecule has 32 heavy (non-hydrogen) atoms. The van der Waals surface area contributed by atoms with Crippen molar-refractivity contribution >= 4 is 44.0 Å². The van der Waals surface area contributed by atoms with Crippen LogP contribution in [0.4, 0.5) is 5.69 Å². The second-order valence-electron chi connectivity index (χ2n) is 7.20. The van der Waals surface area contributed by atoms with Gasteiger partial charge in [0, 0.05) is 0 Å². The Kier molecular flexibility index (Phi) is 7.48. The van der Waals surface area contributed by atoms with E-state index in [0.29, 0.717) is 11.5 Å². The van der Waals surface area contributed by atoms with Crippen molar-refractivity contribution in [1.82, 2.24) is 5.32 Å². The molecule has 170 valence electrons. The fourth-order valence-corrected chi connectivity index (χ4v) is 4.77. The van der Waals surface area contributed by atoms with Crippen LogP contribution in [0.15, 0.2) is 60.7 Å². The zero-order chi connectivity index (χ0) is 23.3. The molecule has 0 aromatic heterocycles. The summed E-state index contributed by atoms with van der Waals surface area (Å²) >= 11 is 6.14. The van der Waals surface area contributed by atoms with Gasteiger partial charge in [-0.25, -0.2) is 8.42 Å². The molecule has 1 atom stereocenters. The number of carbonyl (C=O) groups excluding carboxylic acids is 1. The van der Waals surface area contributed by atoms with Gasteiger partial charge < -0.3 is 14.8 Å². The summed E-state index contributed by atoms with van der Waals surface area (Å²) in [5.41, 5.74) is 0.272. The number of rotatable bonds is 9. The minimum absolute atomic E-state index is 0.219. The van der Waals surface area contributed by atoms with Crippen molar-refractivity contribution in [1.29, 1.82) is 0 Å². The normalized spacial score (nSPS) is 12.2. The van der Waals surface area contributed by atoms with Gasteiger partial charge in [0.25, 0.3) is 0 Å². The molecular weight excluding hydrogens is 452 g/mol. The van der Waals surface area contributed by atoms with Crippen molar-refractivity contribution in [3.63, 3.8) is 0 Å². The summed E-state index contributed by atoms with van der Waals surface area (Å²) in [5.74, 6) is 0.646. The van der Waals surface area contributed by atoms with Crippen LogP contribution >= 0.6 is 11.6 Å². The standard InChI is InChI=1S/C23H25ClN2O5S/c1-16(26(32(3,28)29)19-9-11-22(30-2)21(24)15-19)23(27)25-12-13-31-20-10-8-17-6-4-5-7-18(17)14-20/h4-11,14-16H,12-13H2,1-3H3,(H,25,27). The molecule has 0 saturated heterocycles. The molecule has 0 heterocycles. The minimum Gasteiger partial charge on any atom is -0.495 e. The van der Waals surface area contributed by atoms with E-state index in [0.717, 1.165) is 21.3 Å². The van der Waals surface area contributed by atoms with Crippen LogP contribution in [0.3, 0.4) is 0 Å². The predicted molar refractivity (Wildman–Crippen MR) is 127 cm³/mol. The Balaban J connectivity index is 1.62. The molecule has 0 bridgehead atoms. The Hall–Kier alpha value is -2.97. The summed E-state index contributed by atoms with van der Waals surface area (Å²) in [6, 6.07) is 17.3. The maximum absolute atomic E-state index is 12.7. The molecule has 9 heteroatoms. The van der Waals surface area contributed by atoms with Gasteiger partial charge >= 0.3 is 0 Å². The van der Waals surface area contributed by atoms with E-state index in [9.17, 15) is 13.2 Å². The molecule has 3 rings (SSSR count). The van der Waals surface area contributed by atoms with Crippen molar-refractivity contribution in [2.24, 2.45) is 0 Å². The third kappa shape index (κ3) is 5.63. The molecule has 0 spiro atoms. The van der Waals surface area contributed by atoms with Crippen LogP contribution in [0.2, 0.25) is 5.02 Å². The molecule has 7 nitrogen and oxygen atoms in total. The lowest BCUT2D eigenvalue weighted by molar-refractivity contribution is -0.121. The Labute approximate surface area is 192 Å². The number of ether oxygens (including phenoxy) is 2. The van der Waals surface area contributed by atoms with E-state index in [1.54, 1.807) is 12.1 Å². The number of hydrogen-bond acceptors (Lipinski definition) is 5. The van der Waals surface area contributed by atoms with Crippen LogP contribution in [0.5, 0.6) is 11.5 Å². The number of methoxy groups -OCH3 is 1. The quantitative estimate of drug-likeness (QED) is 0.474. The van der Waals surface area contributed by atoms with Crippen LogP contribution in [-0.4, -0.2) is 46.9 Å². The SMILES string of the molecule is COc1ccc(N(C(C)C(=O)NCCOc2ccc3ccccc3c2)S(C)(=O)=O)cc1Cl. The largest absolute Gasteiger partial charge is 0.495 e. The van der Waals surface area contributed by atoms with E-state index in [4.69, 9.17) is 21.1 Å². The smallest absolute Gasteiger partial charge is 0.243 e. The van der Waals surface area contributed by atoms with Gasteiger partial charge in [-0.2, -0.15) is 0 Å². The summed E-state index contributed by atoms with van der Waals surface area (Å²) < 4.78 is 36.7. The van der Waals surface area contributed by atoms with Crippen LogP contribution < -0.4 is 19.1 Å². The number of sulfonamides is 1. The van der Waals surface area contributed by atoms with E-state index in [-0.39, 0.29) is 23.9 Å². The van der Waals surface area contributed by atoms with Crippen LogP contribution in [0, 0.1) is 0 Å². The summed E-state index contributed by atoms with van der Waals surface area (Å²) in [6.45, 7) is 1.97. The van der Waals surface area contributed by atoms with Crippen molar-refractivity contribution in [3.8, 4) is 11.5 Å². The number of anilines is 1. The number of carbonyl (C=O) groups is 1. The zero-order valence-corrected chi connectivity index (χ0v) is 19.6. The average Bonchev–Trinajstić information content (AvgIpc) is 2.75. The topological polar surface area (TPSA) is 84.9 Å². The Morgan fingerprint density at radius 1 is 1.09 bits per heavy atom. The molecule has 0 aliphatic rings. The first-order valence-electron chi connectivity index (χ1n) is 9.93. The number of fused-ring (bicyclic) bond motifs is 1. The fraction of sp³-hybridized carbons (Fsp3) is 0.261.